The lowest BCUT2D eigenvalue weighted by Gasteiger charge is -2.65. The molecule has 2 aromatic rings. The molecular formula is C46H59NO15. The first-order valence-electron chi connectivity index (χ1n) is 20.6. The van der Waals surface area contributed by atoms with Crippen molar-refractivity contribution >= 4 is 36.3 Å². The van der Waals surface area contributed by atoms with Crippen molar-refractivity contribution in [2.24, 2.45) is 16.7 Å². The van der Waals surface area contributed by atoms with Crippen LogP contribution in [0.1, 0.15) is 104 Å². The van der Waals surface area contributed by atoms with Crippen molar-refractivity contribution < 1.29 is 72.5 Å². The molecule has 338 valence electrons. The number of aliphatic hydroxyl groups is 3. The second kappa shape index (κ2) is 17.9. The van der Waals surface area contributed by atoms with Gasteiger partial charge in [0.05, 0.1) is 35.7 Å². The molecule has 16 heteroatoms. The van der Waals surface area contributed by atoms with Crippen molar-refractivity contribution in [1.29, 1.82) is 0 Å². The molecule has 0 radical (unpaired) electrons. The van der Waals surface area contributed by atoms with E-state index in [0.29, 0.717) is 11.8 Å². The van der Waals surface area contributed by atoms with Gasteiger partial charge >= 0.3 is 30.0 Å². The summed E-state index contributed by atoms with van der Waals surface area (Å²) in [6.07, 6.45) is -10.1. The molecule has 11 atom stereocenters. The molecular weight excluding hydrogens is 806 g/mol. The summed E-state index contributed by atoms with van der Waals surface area (Å²) in [7, 11) is 0. The predicted octanol–water partition coefficient (Wildman–Crippen LogP) is 4.47. The fourth-order valence-electron chi connectivity index (χ4n) is 9.58. The molecule has 3 aliphatic rings. The maximum atomic E-state index is 14.6. The Balaban J connectivity index is 1.70. The summed E-state index contributed by atoms with van der Waals surface area (Å²) in [4.78, 5) is 81.1. The zero-order chi connectivity index (χ0) is 46.2. The molecule has 0 aromatic heterocycles. The maximum Gasteiger partial charge on any atom is 0.408 e. The number of ether oxygens (including phenoxy) is 6. The van der Waals surface area contributed by atoms with Crippen molar-refractivity contribution in [2.75, 3.05) is 6.61 Å². The van der Waals surface area contributed by atoms with Gasteiger partial charge in [0.25, 0.3) is 0 Å². The Morgan fingerprint density at radius 1 is 0.935 bits per heavy atom. The van der Waals surface area contributed by atoms with Crippen molar-refractivity contribution in [1.82, 2.24) is 5.32 Å². The maximum absolute atomic E-state index is 14.6. The number of carbonyl (C=O) groups excluding carboxylic acids is 6. The zero-order valence-electron chi connectivity index (χ0n) is 36.8. The van der Waals surface area contributed by atoms with Crippen LogP contribution >= 0.6 is 0 Å². The predicted molar refractivity (Wildman–Crippen MR) is 220 cm³/mol. The number of fused-ring (bicyclic) bond motifs is 1. The summed E-state index contributed by atoms with van der Waals surface area (Å²) in [6, 6.07) is 14.6. The molecule has 0 bridgehead atoms. The minimum atomic E-state index is -2.43. The Labute approximate surface area is 361 Å². The number of amides is 1. The van der Waals surface area contributed by atoms with E-state index in [4.69, 9.17) is 28.4 Å². The van der Waals surface area contributed by atoms with Gasteiger partial charge in [0, 0.05) is 32.1 Å². The van der Waals surface area contributed by atoms with Gasteiger partial charge in [-0.1, -0.05) is 62.4 Å². The van der Waals surface area contributed by atoms with E-state index >= 15 is 0 Å². The Kier molecular flexibility index (Phi) is 13.8. The van der Waals surface area contributed by atoms with Gasteiger partial charge in [0.15, 0.2) is 5.60 Å². The quantitative estimate of drug-likeness (QED) is 0.0943. The number of carbonyl (C=O) groups is 6. The highest BCUT2D eigenvalue weighted by atomic mass is 16.6. The second-order valence-electron chi connectivity index (χ2n) is 18.3. The van der Waals surface area contributed by atoms with Crippen molar-refractivity contribution in [2.45, 2.75) is 142 Å². The Hall–Kier alpha value is -5.16. The molecule has 1 saturated heterocycles. The van der Waals surface area contributed by atoms with Gasteiger partial charge in [-0.25, -0.2) is 14.4 Å². The lowest BCUT2D eigenvalue weighted by atomic mass is 9.49. The third-order valence-electron chi connectivity index (χ3n) is 12.5. The molecule has 1 aliphatic heterocycles. The Morgan fingerprint density at radius 3 is 2.03 bits per heavy atom. The van der Waals surface area contributed by atoms with Gasteiger partial charge in [-0.2, -0.15) is 0 Å². The molecule has 0 spiro atoms. The van der Waals surface area contributed by atoms with E-state index in [1.54, 1.807) is 90.1 Å². The van der Waals surface area contributed by atoms with E-state index in [0.717, 1.165) is 13.8 Å². The third-order valence-corrected chi connectivity index (χ3v) is 12.5. The number of alkyl carbamates (subject to hydrolysis) is 1. The van der Waals surface area contributed by atoms with E-state index in [1.165, 1.54) is 26.0 Å². The van der Waals surface area contributed by atoms with E-state index in [-0.39, 0.29) is 29.7 Å². The van der Waals surface area contributed by atoms with Crippen LogP contribution in [0, 0.1) is 16.7 Å². The van der Waals surface area contributed by atoms with Gasteiger partial charge in [-0.3, -0.25) is 9.59 Å². The fraction of sp³-hybridized carbons (Fsp3) is 0.565. The van der Waals surface area contributed by atoms with Crippen LogP contribution in [0.2, 0.25) is 0 Å². The van der Waals surface area contributed by atoms with Gasteiger partial charge in [0.2, 0.25) is 6.10 Å². The van der Waals surface area contributed by atoms with Crippen LogP contribution in [0.5, 0.6) is 0 Å². The highest BCUT2D eigenvalue weighted by Gasteiger charge is 2.74. The van der Waals surface area contributed by atoms with Crippen LogP contribution in [-0.2, 0) is 47.6 Å². The highest BCUT2D eigenvalue weighted by Crippen LogP contribution is 2.61. The van der Waals surface area contributed by atoms with E-state index in [1.807, 2.05) is 0 Å². The first-order chi connectivity index (χ1) is 28.8. The van der Waals surface area contributed by atoms with Crippen molar-refractivity contribution in [3.63, 3.8) is 0 Å². The molecule has 1 amide bonds. The number of aliphatic hydroxyl groups excluding tert-OH is 2. The van der Waals surface area contributed by atoms with Crippen LogP contribution in [0.15, 0.2) is 71.8 Å². The van der Waals surface area contributed by atoms with Crippen LogP contribution in [0.4, 0.5) is 4.79 Å². The normalized spacial score (nSPS) is 29.8. The summed E-state index contributed by atoms with van der Waals surface area (Å²) in [6.45, 7) is 14.5. The number of aldehydes is 1. The monoisotopic (exact) mass is 865 g/mol. The third kappa shape index (κ3) is 9.15. The topological polar surface area (TPSA) is 231 Å². The molecule has 1 saturated carbocycles. The van der Waals surface area contributed by atoms with Gasteiger partial charge < -0.3 is 53.9 Å². The molecule has 2 aliphatic carbocycles. The average molecular weight is 866 g/mol. The first-order valence-corrected chi connectivity index (χ1v) is 20.6. The van der Waals surface area contributed by atoms with Crippen LogP contribution < -0.4 is 5.32 Å². The molecule has 0 unspecified atom stereocenters. The zero-order valence-corrected chi connectivity index (χ0v) is 36.8. The van der Waals surface area contributed by atoms with Gasteiger partial charge in [0.1, 0.15) is 41.8 Å². The summed E-state index contributed by atoms with van der Waals surface area (Å²) < 4.78 is 35.5. The van der Waals surface area contributed by atoms with Crippen LogP contribution in [-0.4, -0.2) is 112 Å². The van der Waals surface area contributed by atoms with Gasteiger partial charge in [-0.15, -0.1) is 0 Å². The summed E-state index contributed by atoms with van der Waals surface area (Å²) in [5.74, 6) is -5.30. The first kappa shape index (κ1) is 47.9. The molecule has 5 rings (SSSR count). The number of nitrogens with one attached hydrogen (secondary N) is 1. The summed E-state index contributed by atoms with van der Waals surface area (Å²) >= 11 is 0. The summed E-state index contributed by atoms with van der Waals surface area (Å²) in [5, 5.41) is 39.5. The standard InChI is InChI=1S/C46H59NO15/c1-25-31(59-40(54)36(58-27(3)50)35(29-17-13-11-14-18-29)47-41(55)62-42(5,6)7)22-46(56,43(8,9)34(25)26(2)49)38(60-39(53)30-19-15-12-16-20-30)37-44(10,23-48)32(52)21-33-45(37,24-57-33)61-28(4)51/h11-20,23,26,31-33,35-38,49,52,56H,21-22,24H2,1-10H3,(H,47,55)/t26-,31-,32-,33+,35-,36+,37-,38-,44+,45-,46+/m0/s1. The Bertz CT molecular complexity index is 2040. The van der Waals surface area contributed by atoms with Gasteiger partial charge in [-0.05, 0) is 70.4 Å². The number of hydrogen-bond acceptors (Lipinski definition) is 15. The van der Waals surface area contributed by atoms with Crippen LogP contribution in [0.3, 0.4) is 0 Å². The average Bonchev–Trinajstić information content (AvgIpc) is 3.17. The molecule has 62 heavy (non-hydrogen) atoms. The van der Waals surface area contributed by atoms with E-state index < -0.39 is 113 Å². The number of benzene rings is 2. The SMILES string of the molecule is CC(=O)O[C@@H](C(=O)O[C@H]1C[C@@](O)([C@@H](OC(=O)c2ccccc2)[C@H]2[C@](C)(C=O)[C@@H](O)C[C@H]3OC[C@]32OC(C)=O)C(C)(C)C([C@H](C)O)=C1C)[C@@H](NC(=O)OC(C)(C)C)c1ccccc1. The lowest BCUT2D eigenvalue weighted by Crippen LogP contribution is -2.79. The minimum Gasteiger partial charge on any atom is -0.455 e. The second-order valence-corrected chi connectivity index (χ2v) is 18.3. The van der Waals surface area contributed by atoms with E-state index in [2.05, 4.69) is 5.32 Å². The van der Waals surface area contributed by atoms with Crippen molar-refractivity contribution in [3.05, 3.63) is 82.9 Å². The molecule has 4 N–H and O–H groups in total. The van der Waals surface area contributed by atoms with Crippen molar-refractivity contribution in [3.8, 4) is 0 Å². The summed E-state index contributed by atoms with van der Waals surface area (Å²) in [5.41, 5.74) is -7.73. The number of rotatable bonds is 13. The molecule has 1 heterocycles. The minimum absolute atomic E-state index is 0.0564. The largest absolute Gasteiger partial charge is 0.455 e. The smallest absolute Gasteiger partial charge is 0.408 e. The molecule has 2 aromatic carbocycles. The highest BCUT2D eigenvalue weighted by molar-refractivity contribution is 5.89. The Morgan fingerprint density at radius 2 is 1.53 bits per heavy atom. The molecule has 16 nitrogen and oxygen atoms in total. The van der Waals surface area contributed by atoms with E-state index in [9.17, 15) is 44.1 Å². The van der Waals surface area contributed by atoms with Crippen LogP contribution in [0.25, 0.3) is 0 Å². The fourth-order valence-corrected chi connectivity index (χ4v) is 9.58. The lowest BCUT2D eigenvalue weighted by molar-refractivity contribution is -0.342. The number of esters is 4. The number of hydrogen-bond donors (Lipinski definition) is 4. The molecule has 2 fully saturated rings.